The van der Waals surface area contributed by atoms with E-state index in [1.165, 1.54) is 10.7 Å². The number of halogens is 2. The summed E-state index contributed by atoms with van der Waals surface area (Å²) >= 11 is 1.62. The smallest absolute Gasteiger partial charge is 0.387 e. The van der Waals surface area contributed by atoms with Crippen LogP contribution < -0.4 is 20.8 Å². The highest BCUT2D eigenvalue weighted by Gasteiger charge is 2.34. The predicted molar refractivity (Wildman–Crippen MR) is 148 cm³/mol. The first kappa shape index (κ1) is 27.0. The molecule has 2 unspecified atom stereocenters. The summed E-state index contributed by atoms with van der Waals surface area (Å²) in [6, 6.07) is 4.25. The van der Waals surface area contributed by atoms with Gasteiger partial charge in [-0.1, -0.05) is 19.1 Å². The number of thioether (sulfide) groups is 1. The van der Waals surface area contributed by atoms with E-state index >= 15 is 0 Å². The number of rotatable bonds is 7. The third-order valence-corrected chi connectivity index (χ3v) is 8.11. The molecule has 11 nitrogen and oxygen atoms in total. The molecule has 2 atom stereocenters. The number of hydrogen-bond donors (Lipinski definition) is 3. The summed E-state index contributed by atoms with van der Waals surface area (Å²) in [7, 11) is 0. The van der Waals surface area contributed by atoms with E-state index in [2.05, 4.69) is 33.1 Å². The van der Waals surface area contributed by atoms with Crippen LogP contribution in [0.1, 0.15) is 35.3 Å². The number of carbonyl (C=O) groups is 2. The molecule has 3 aromatic rings. The Morgan fingerprint density at radius 1 is 1.29 bits per heavy atom. The number of anilines is 1. The number of fused-ring (bicyclic) bond motifs is 2. The molecule has 0 radical (unpaired) electrons. The largest absolute Gasteiger partial charge is 0.434 e. The van der Waals surface area contributed by atoms with Crippen molar-refractivity contribution >= 4 is 34.9 Å². The van der Waals surface area contributed by atoms with E-state index < -0.39 is 18.6 Å². The SMILES string of the molecule is CC1CNc2cc(OC(F)F)c(C3NN(CC(=O)N4CC=CCC4)C=C3NC(=O)c3cnn4cccnc34)cc2S1. The first-order chi connectivity index (χ1) is 19.9. The number of hydrogen-bond acceptors (Lipinski definition) is 9. The molecule has 214 valence electrons. The van der Waals surface area contributed by atoms with E-state index in [-0.39, 0.29) is 29.0 Å². The average molecular weight is 583 g/mol. The van der Waals surface area contributed by atoms with Crippen molar-refractivity contribution in [3.63, 3.8) is 0 Å². The van der Waals surface area contributed by atoms with Crippen molar-refractivity contribution in [2.45, 2.75) is 36.1 Å². The molecule has 14 heteroatoms. The van der Waals surface area contributed by atoms with Gasteiger partial charge in [0.05, 0.1) is 23.6 Å². The van der Waals surface area contributed by atoms with Gasteiger partial charge in [-0.25, -0.2) is 14.9 Å². The maximum atomic E-state index is 13.5. The second-order valence-electron chi connectivity index (χ2n) is 9.85. The Balaban J connectivity index is 1.34. The number of ether oxygens (including phenoxy) is 1. The monoisotopic (exact) mass is 582 g/mol. The van der Waals surface area contributed by atoms with Crippen molar-refractivity contribution < 1.29 is 23.1 Å². The number of hydrazine groups is 1. The molecule has 0 bridgehead atoms. The van der Waals surface area contributed by atoms with Crippen molar-refractivity contribution in [1.29, 1.82) is 0 Å². The third-order valence-electron chi connectivity index (χ3n) is 6.95. The maximum absolute atomic E-state index is 13.5. The van der Waals surface area contributed by atoms with Crippen LogP contribution in [0.5, 0.6) is 5.75 Å². The highest BCUT2D eigenvalue weighted by molar-refractivity contribution is 8.00. The zero-order valence-corrected chi connectivity index (χ0v) is 22.9. The number of aromatic nitrogens is 3. The Kier molecular flexibility index (Phi) is 7.49. The predicted octanol–water partition coefficient (Wildman–Crippen LogP) is 3.16. The van der Waals surface area contributed by atoms with E-state index in [9.17, 15) is 18.4 Å². The van der Waals surface area contributed by atoms with Gasteiger partial charge in [0.15, 0.2) is 5.65 Å². The Morgan fingerprint density at radius 3 is 2.98 bits per heavy atom. The lowest BCUT2D eigenvalue weighted by Gasteiger charge is -2.28. The summed E-state index contributed by atoms with van der Waals surface area (Å²) in [6.45, 7) is 0.803. The van der Waals surface area contributed by atoms with Crippen molar-refractivity contribution in [2.75, 3.05) is 31.5 Å². The van der Waals surface area contributed by atoms with Crippen LogP contribution in [0.25, 0.3) is 5.65 Å². The van der Waals surface area contributed by atoms with Crippen LogP contribution in [0.2, 0.25) is 0 Å². The van der Waals surface area contributed by atoms with E-state index in [0.717, 1.165) is 11.3 Å². The standard InChI is InChI=1S/C27H28F2N8O3S/c1-16-12-31-19-11-21(40-27(28)29)17(10-22(19)41-16)24-20(14-36(34-24)15-23(38)35-7-3-2-4-8-35)33-26(39)18-13-32-37-9-5-6-30-25(18)37/h2-3,5-6,9-11,13-14,16,24,27,31,34H,4,7-8,12,15H2,1H3,(H,33,39). The molecule has 0 aliphatic carbocycles. The van der Waals surface area contributed by atoms with E-state index in [1.54, 1.807) is 58.5 Å². The van der Waals surface area contributed by atoms with Crippen LogP contribution in [0, 0.1) is 0 Å². The van der Waals surface area contributed by atoms with Crippen LogP contribution in [-0.2, 0) is 4.79 Å². The zero-order valence-electron chi connectivity index (χ0n) is 22.1. The van der Waals surface area contributed by atoms with Crippen LogP contribution in [0.15, 0.2) is 65.7 Å². The van der Waals surface area contributed by atoms with Gasteiger partial charge in [0.25, 0.3) is 5.91 Å². The second kappa shape index (κ2) is 11.4. The second-order valence-corrected chi connectivity index (χ2v) is 11.3. The summed E-state index contributed by atoms with van der Waals surface area (Å²) in [5, 5.41) is 12.2. The Bertz CT molecular complexity index is 1540. The molecule has 2 amide bonds. The molecule has 0 saturated carbocycles. The Morgan fingerprint density at radius 2 is 2.17 bits per heavy atom. The molecule has 0 spiro atoms. The van der Waals surface area contributed by atoms with Crippen LogP contribution in [0.4, 0.5) is 14.5 Å². The summed E-state index contributed by atoms with van der Waals surface area (Å²) in [5.41, 5.74) is 5.27. The first-order valence-electron chi connectivity index (χ1n) is 13.2. The van der Waals surface area contributed by atoms with Gasteiger partial charge in [-0.3, -0.25) is 9.59 Å². The molecular weight excluding hydrogens is 554 g/mol. The molecular formula is C27H28F2N8O3S. The van der Waals surface area contributed by atoms with Crippen LogP contribution >= 0.6 is 11.8 Å². The van der Waals surface area contributed by atoms with Crippen molar-refractivity contribution in [1.82, 2.24) is 35.2 Å². The molecule has 3 N–H and O–H groups in total. The lowest BCUT2D eigenvalue weighted by Crippen LogP contribution is -2.43. The Labute approximate surface area is 238 Å². The molecule has 41 heavy (non-hydrogen) atoms. The Hall–Kier alpha value is -4.17. The summed E-state index contributed by atoms with van der Waals surface area (Å²) in [5.74, 6) is -0.629. The molecule has 3 aliphatic heterocycles. The quantitative estimate of drug-likeness (QED) is 0.362. The highest BCUT2D eigenvalue weighted by Crippen LogP contribution is 2.43. The number of nitrogens with one attached hydrogen (secondary N) is 3. The number of nitrogens with zero attached hydrogens (tertiary/aromatic N) is 5. The average Bonchev–Trinajstić information content (AvgIpc) is 3.57. The molecule has 3 aliphatic rings. The van der Waals surface area contributed by atoms with Gasteiger partial charge < -0.3 is 25.3 Å². The minimum atomic E-state index is -3.06. The van der Waals surface area contributed by atoms with Gasteiger partial charge in [0.2, 0.25) is 5.91 Å². The van der Waals surface area contributed by atoms with Crippen LogP contribution in [0.3, 0.4) is 0 Å². The van der Waals surface area contributed by atoms with E-state index in [0.29, 0.717) is 42.2 Å². The fourth-order valence-electron chi connectivity index (χ4n) is 4.99. The third kappa shape index (κ3) is 5.70. The van der Waals surface area contributed by atoms with Gasteiger partial charge in [0, 0.05) is 60.0 Å². The molecule has 5 heterocycles. The normalized spacial score (nSPS) is 20.1. The lowest BCUT2D eigenvalue weighted by molar-refractivity contribution is -0.132. The van der Waals surface area contributed by atoms with Crippen molar-refractivity contribution in [3.05, 3.63) is 72.0 Å². The van der Waals surface area contributed by atoms with Gasteiger partial charge in [-0.05, 0) is 18.6 Å². The zero-order chi connectivity index (χ0) is 28.5. The van der Waals surface area contributed by atoms with Gasteiger partial charge in [-0.2, -0.15) is 13.9 Å². The fourth-order valence-corrected chi connectivity index (χ4v) is 6.05. The van der Waals surface area contributed by atoms with Gasteiger partial charge in [-0.15, -0.1) is 11.8 Å². The fraction of sp³-hybridized carbons (Fsp3) is 0.333. The highest BCUT2D eigenvalue weighted by atomic mass is 32.2. The molecule has 2 aromatic heterocycles. The summed E-state index contributed by atoms with van der Waals surface area (Å²) in [4.78, 5) is 33.3. The number of carbonyl (C=O) groups excluding carboxylic acids is 2. The molecule has 0 saturated heterocycles. The van der Waals surface area contributed by atoms with Crippen molar-refractivity contribution in [2.24, 2.45) is 0 Å². The number of alkyl halides is 2. The van der Waals surface area contributed by atoms with Gasteiger partial charge in [0.1, 0.15) is 17.9 Å². The van der Waals surface area contributed by atoms with E-state index in [4.69, 9.17) is 4.74 Å². The topological polar surface area (TPSA) is 116 Å². The minimum absolute atomic E-state index is 0.0225. The maximum Gasteiger partial charge on any atom is 0.387 e. The molecule has 0 fully saturated rings. The van der Waals surface area contributed by atoms with Gasteiger partial charge >= 0.3 is 6.61 Å². The van der Waals surface area contributed by atoms with Crippen molar-refractivity contribution in [3.8, 4) is 5.75 Å². The lowest BCUT2D eigenvalue weighted by atomic mass is 10.0. The minimum Gasteiger partial charge on any atom is -0.434 e. The van der Waals surface area contributed by atoms with Crippen LogP contribution in [-0.4, -0.2) is 74.4 Å². The number of benzene rings is 1. The van der Waals surface area contributed by atoms with E-state index in [1.807, 2.05) is 12.2 Å². The molecule has 6 rings (SSSR count). The summed E-state index contributed by atoms with van der Waals surface area (Å²) in [6.07, 6.45) is 11.0. The number of amides is 2. The summed E-state index contributed by atoms with van der Waals surface area (Å²) < 4.78 is 33.5. The first-order valence-corrected chi connectivity index (χ1v) is 14.0. The molecule has 1 aromatic carbocycles.